The van der Waals surface area contributed by atoms with E-state index in [1.165, 1.54) is 0 Å². The predicted molar refractivity (Wildman–Crippen MR) is 71.2 cm³/mol. The van der Waals surface area contributed by atoms with Crippen molar-refractivity contribution in [2.75, 3.05) is 19.8 Å². The maximum absolute atomic E-state index is 10.3. The molecule has 1 aromatic rings. The molecule has 5 nitrogen and oxygen atoms in total. The molecule has 0 saturated carbocycles. The SMILES string of the molecule is CC1(C)COC2(OCC(COc3ccccc3)O2)C1O. The Morgan fingerprint density at radius 3 is 2.65 bits per heavy atom. The van der Waals surface area contributed by atoms with Gasteiger partial charge in [0, 0.05) is 5.41 Å². The molecule has 110 valence electrons. The fourth-order valence-corrected chi connectivity index (χ4v) is 2.44. The summed E-state index contributed by atoms with van der Waals surface area (Å²) in [5.41, 5.74) is -0.380. The largest absolute Gasteiger partial charge is 0.491 e. The second-order valence-electron chi connectivity index (χ2n) is 5.96. The van der Waals surface area contributed by atoms with Crippen molar-refractivity contribution < 1.29 is 24.1 Å². The van der Waals surface area contributed by atoms with Crippen LogP contribution in [0.2, 0.25) is 0 Å². The molecule has 20 heavy (non-hydrogen) atoms. The van der Waals surface area contributed by atoms with E-state index in [-0.39, 0.29) is 11.5 Å². The van der Waals surface area contributed by atoms with Crippen LogP contribution in [0.25, 0.3) is 0 Å². The number of para-hydroxylation sites is 1. The zero-order valence-electron chi connectivity index (χ0n) is 11.7. The van der Waals surface area contributed by atoms with Crippen molar-refractivity contribution in [2.24, 2.45) is 5.41 Å². The van der Waals surface area contributed by atoms with Crippen molar-refractivity contribution >= 4 is 0 Å². The van der Waals surface area contributed by atoms with Crippen LogP contribution in [-0.2, 0) is 14.2 Å². The van der Waals surface area contributed by atoms with Crippen LogP contribution in [0.15, 0.2) is 30.3 Å². The first-order chi connectivity index (χ1) is 9.52. The number of rotatable bonds is 3. The molecule has 2 aliphatic rings. The lowest BCUT2D eigenvalue weighted by atomic mass is 9.89. The topological polar surface area (TPSA) is 57.2 Å². The van der Waals surface area contributed by atoms with E-state index in [9.17, 15) is 5.11 Å². The molecule has 2 aliphatic heterocycles. The van der Waals surface area contributed by atoms with Crippen molar-refractivity contribution in [1.82, 2.24) is 0 Å². The molecule has 0 bridgehead atoms. The lowest BCUT2D eigenvalue weighted by Crippen LogP contribution is -2.45. The Morgan fingerprint density at radius 2 is 2.00 bits per heavy atom. The summed E-state index contributed by atoms with van der Waals surface area (Å²) in [7, 11) is 0. The Morgan fingerprint density at radius 1 is 1.25 bits per heavy atom. The third-order valence-corrected chi connectivity index (χ3v) is 3.70. The highest BCUT2D eigenvalue weighted by Crippen LogP contribution is 2.44. The molecular weight excluding hydrogens is 260 g/mol. The summed E-state index contributed by atoms with van der Waals surface area (Å²) < 4.78 is 22.5. The summed E-state index contributed by atoms with van der Waals surface area (Å²) in [5, 5.41) is 10.3. The smallest absolute Gasteiger partial charge is 0.311 e. The monoisotopic (exact) mass is 280 g/mol. The van der Waals surface area contributed by atoms with Gasteiger partial charge in [-0.2, -0.15) is 0 Å². The fourth-order valence-electron chi connectivity index (χ4n) is 2.44. The van der Waals surface area contributed by atoms with Crippen LogP contribution in [0.4, 0.5) is 0 Å². The Kier molecular flexibility index (Phi) is 3.46. The Balaban J connectivity index is 1.58. The molecule has 1 aromatic carbocycles. The third-order valence-electron chi connectivity index (χ3n) is 3.70. The number of aliphatic hydroxyl groups is 1. The van der Waals surface area contributed by atoms with Gasteiger partial charge in [-0.05, 0) is 12.1 Å². The lowest BCUT2D eigenvalue weighted by Gasteiger charge is -2.28. The summed E-state index contributed by atoms with van der Waals surface area (Å²) in [6, 6.07) is 9.53. The fraction of sp³-hybridized carbons (Fsp3) is 0.600. The van der Waals surface area contributed by atoms with Crippen molar-refractivity contribution in [2.45, 2.75) is 32.0 Å². The predicted octanol–water partition coefficient (Wildman–Crippen LogP) is 1.55. The summed E-state index contributed by atoms with van der Waals surface area (Å²) in [4.78, 5) is 0. The molecule has 3 unspecified atom stereocenters. The first kappa shape index (κ1) is 13.8. The maximum Gasteiger partial charge on any atom is 0.311 e. The highest BCUT2D eigenvalue weighted by Gasteiger charge is 2.60. The Hall–Kier alpha value is -1.14. The first-order valence-electron chi connectivity index (χ1n) is 6.83. The molecular formula is C15H20O5. The number of benzene rings is 1. The van der Waals surface area contributed by atoms with Crippen LogP contribution in [0, 0.1) is 5.41 Å². The van der Waals surface area contributed by atoms with Crippen LogP contribution < -0.4 is 4.74 Å². The third kappa shape index (κ3) is 2.42. The summed E-state index contributed by atoms with van der Waals surface area (Å²) in [6.45, 7) is 4.96. The molecule has 2 fully saturated rings. The van der Waals surface area contributed by atoms with E-state index in [0.717, 1.165) is 5.75 Å². The molecule has 0 amide bonds. The molecule has 1 N–H and O–H groups in total. The quantitative estimate of drug-likeness (QED) is 0.910. The van der Waals surface area contributed by atoms with Gasteiger partial charge in [-0.25, -0.2) is 0 Å². The van der Waals surface area contributed by atoms with E-state index >= 15 is 0 Å². The zero-order chi connectivity index (χ0) is 14.2. The standard InChI is InChI=1S/C15H20O5/c1-14(2)10-19-15(13(14)16)18-9-12(20-15)8-17-11-6-4-3-5-7-11/h3-7,12-13,16H,8-10H2,1-2H3. The second-order valence-corrected chi connectivity index (χ2v) is 5.96. The van der Waals surface area contributed by atoms with Gasteiger partial charge >= 0.3 is 5.97 Å². The molecule has 3 rings (SSSR count). The van der Waals surface area contributed by atoms with Crippen molar-refractivity contribution in [3.05, 3.63) is 30.3 Å². The Bertz CT molecular complexity index is 461. The minimum atomic E-state index is -1.33. The molecule has 0 radical (unpaired) electrons. The molecule has 2 saturated heterocycles. The number of ether oxygens (including phenoxy) is 4. The number of aliphatic hydroxyl groups excluding tert-OH is 1. The van der Waals surface area contributed by atoms with E-state index in [4.69, 9.17) is 18.9 Å². The molecule has 1 spiro atoms. The molecule has 3 atom stereocenters. The van der Waals surface area contributed by atoms with Gasteiger partial charge in [0.1, 0.15) is 24.6 Å². The lowest BCUT2D eigenvalue weighted by molar-refractivity contribution is -0.346. The highest BCUT2D eigenvalue weighted by molar-refractivity contribution is 5.20. The molecule has 5 heteroatoms. The minimum absolute atomic E-state index is 0.251. The van der Waals surface area contributed by atoms with Crippen LogP contribution in [0.1, 0.15) is 13.8 Å². The van der Waals surface area contributed by atoms with Crippen LogP contribution >= 0.6 is 0 Å². The number of hydrogen-bond acceptors (Lipinski definition) is 5. The summed E-state index contributed by atoms with van der Waals surface area (Å²) >= 11 is 0. The van der Waals surface area contributed by atoms with Gasteiger partial charge in [0.25, 0.3) is 0 Å². The van der Waals surface area contributed by atoms with E-state index in [0.29, 0.717) is 19.8 Å². The van der Waals surface area contributed by atoms with Gasteiger partial charge in [0.2, 0.25) is 0 Å². The molecule has 0 aliphatic carbocycles. The van der Waals surface area contributed by atoms with Crippen molar-refractivity contribution in [1.29, 1.82) is 0 Å². The van der Waals surface area contributed by atoms with Gasteiger partial charge in [-0.15, -0.1) is 0 Å². The van der Waals surface area contributed by atoms with E-state index in [1.807, 2.05) is 44.2 Å². The van der Waals surface area contributed by atoms with Gasteiger partial charge < -0.3 is 24.1 Å². The average molecular weight is 280 g/mol. The first-order valence-corrected chi connectivity index (χ1v) is 6.83. The number of hydrogen-bond donors (Lipinski definition) is 1. The van der Waals surface area contributed by atoms with Crippen LogP contribution in [0.5, 0.6) is 5.75 Å². The van der Waals surface area contributed by atoms with Crippen molar-refractivity contribution in [3.8, 4) is 5.75 Å². The second kappa shape index (κ2) is 5.00. The Labute approximate surface area is 118 Å². The van der Waals surface area contributed by atoms with Gasteiger partial charge in [-0.1, -0.05) is 32.0 Å². The highest BCUT2D eigenvalue weighted by atomic mass is 16.9. The summed E-state index contributed by atoms with van der Waals surface area (Å²) in [6.07, 6.45) is -1.06. The normalized spacial score (nSPS) is 35.5. The van der Waals surface area contributed by atoms with Gasteiger partial charge in [0.15, 0.2) is 0 Å². The maximum atomic E-state index is 10.3. The average Bonchev–Trinajstić information content (AvgIpc) is 2.96. The van der Waals surface area contributed by atoms with Crippen molar-refractivity contribution in [3.63, 3.8) is 0 Å². The van der Waals surface area contributed by atoms with E-state index < -0.39 is 12.1 Å². The molecule has 0 aromatic heterocycles. The van der Waals surface area contributed by atoms with Gasteiger partial charge in [-0.3, -0.25) is 0 Å². The van der Waals surface area contributed by atoms with Crippen LogP contribution in [-0.4, -0.2) is 43.1 Å². The van der Waals surface area contributed by atoms with E-state index in [1.54, 1.807) is 0 Å². The van der Waals surface area contributed by atoms with Gasteiger partial charge in [0.05, 0.1) is 13.2 Å². The summed E-state index contributed by atoms with van der Waals surface area (Å²) in [5.74, 6) is -0.543. The minimum Gasteiger partial charge on any atom is -0.491 e. The van der Waals surface area contributed by atoms with E-state index in [2.05, 4.69) is 0 Å². The zero-order valence-corrected chi connectivity index (χ0v) is 11.7. The molecule has 2 heterocycles. The van der Waals surface area contributed by atoms with Crippen LogP contribution in [0.3, 0.4) is 0 Å².